The van der Waals surface area contributed by atoms with Crippen molar-refractivity contribution in [1.29, 1.82) is 0 Å². The van der Waals surface area contributed by atoms with Crippen LogP contribution in [-0.2, 0) is 4.79 Å². The van der Waals surface area contributed by atoms with Crippen LogP contribution < -0.4 is 5.32 Å². The van der Waals surface area contributed by atoms with Gasteiger partial charge in [0.2, 0.25) is 5.91 Å². The monoisotopic (exact) mass is 307 g/mol. The first-order valence-electron chi connectivity index (χ1n) is 8.00. The Labute approximate surface area is 136 Å². The third-order valence-electron chi connectivity index (χ3n) is 4.06. The third kappa shape index (κ3) is 4.42. The predicted molar refractivity (Wildman–Crippen MR) is 92.9 cm³/mol. The van der Waals surface area contributed by atoms with Gasteiger partial charge in [-0.1, -0.05) is 30.3 Å². The minimum absolute atomic E-state index is 0.0914. The summed E-state index contributed by atoms with van der Waals surface area (Å²) in [7, 11) is 0. The number of likely N-dealkylation sites (tertiary alicyclic amines) is 1. The van der Waals surface area contributed by atoms with Gasteiger partial charge in [0.1, 0.15) is 0 Å². The minimum Gasteiger partial charge on any atom is -0.381 e. The topological polar surface area (TPSA) is 45.2 Å². The SMILES string of the molecule is O=C(C=Cc1ccccc1)N1CCC(Nc2cccnc2)CC1. The molecule has 1 amide bonds. The van der Waals surface area contributed by atoms with Crippen molar-refractivity contribution in [3.05, 3.63) is 66.5 Å². The number of anilines is 1. The first-order valence-corrected chi connectivity index (χ1v) is 8.00. The highest BCUT2D eigenvalue weighted by Crippen LogP contribution is 2.16. The van der Waals surface area contributed by atoms with Crippen LogP contribution in [0, 0.1) is 0 Å². The van der Waals surface area contributed by atoms with Crippen LogP contribution in [0.3, 0.4) is 0 Å². The van der Waals surface area contributed by atoms with E-state index in [1.54, 1.807) is 12.3 Å². The number of nitrogens with one attached hydrogen (secondary N) is 1. The summed E-state index contributed by atoms with van der Waals surface area (Å²) < 4.78 is 0. The molecule has 1 N–H and O–H groups in total. The first kappa shape index (κ1) is 15.3. The number of piperidine rings is 1. The van der Waals surface area contributed by atoms with Gasteiger partial charge >= 0.3 is 0 Å². The Hall–Kier alpha value is -2.62. The van der Waals surface area contributed by atoms with Gasteiger partial charge in [-0.2, -0.15) is 0 Å². The van der Waals surface area contributed by atoms with Crippen molar-refractivity contribution in [3.63, 3.8) is 0 Å². The number of carbonyl (C=O) groups excluding carboxylic acids is 1. The smallest absolute Gasteiger partial charge is 0.246 e. The van der Waals surface area contributed by atoms with Crippen LogP contribution in [0.4, 0.5) is 5.69 Å². The summed E-state index contributed by atoms with van der Waals surface area (Å²) in [6.45, 7) is 1.58. The Morgan fingerprint density at radius 1 is 1.13 bits per heavy atom. The molecule has 0 bridgehead atoms. The number of nitrogens with zero attached hydrogens (tertiary/aromatic N) is 2. The molecule has 4 nitrogen and oxygen atoms in total. The molecule has 2 heterocycles. The van der Waals surface area contributed by atoms with E-state index >= 15 is 0 Å². The van der Waals surface area contributed by atoms with Gasteiger partial charge in [-0.05, 0) is 36.6 Å². The highest BCUT2D eigenvalue weighted by Gasteiger charge is 2.21. The summed E-state index contributed by atoms with van der Waals surface area (Å²) in [5, 5.41) is 3.48. The maximum absolute atomic E-state index is 12.2. The molecule has 4 heteroatoms. The van der Waals surface area contributed by atoms with Crippen molar-refractivity contribution in [3.8, 4) is 0 Å². The number of rotatable bonds is 4. The molecule has 0 atom stereocenters. The molecule has 0 aliphatic carbocycles. The summed E-state index contributed by atoms with van der Waals surface area (Å²) in [5.41, 5.74) is 2.09. The van der Waals surface area contributed by atoms with Crippen molar-refractivity contribution in [1.82, 2.24) is 9.88 Å². The molecular formula is C19H21N3O. The number of aromatic nitrogens is 1. The lowest BCUT2D eigenvalue weighted by Gasteiger charge is -2.32. The maximum atomic E-state index is 12.2. The molecule has 0 saturated carbocycles. The Morgan fingerprint density at radius 3 is 2.61 bits per heavy atom. The van der Waals surface area contributed by atoms with E-state index in [1.807, 2.05) is 59.6 Å². The maximum Gasteiger partial charge on any atom is 0.246 e. The van der Waals surface area contributed by atoms with Crippen LogP contribution in [0.25, 0.3) is 6.08 Å². The quantitative estimate of drug-likeness (QED) is 0.882. The number of benzene rings is 1. The average Bonchev–Trinajstić information content (AvgIpc) is 2.62. The van der Waals surface area contributed by atoms with E-state index in [0.29, 0.717) is 6.04 Å². The fourth-order valence-electron chi connectivity index (χ4n) is 2.77. The number of pyridine rings is 1. The lowest BCUT2D eigenvalue weighted by molar-refractivity contribution is -0.126. The third-order valence-corrected chi connectivity index (χ3v) is 4.06. The van der Waals surface area contributed by atoms with Crippen LogP contribution in [0.1, 0.15) is 18.4 Å². The molecule has 1 aromatic heterocycles. The number of hydrogen-bond acceptors (Lipinski definition) is 3. The molecule has 2 aromatic rings. The van der Waals surface area contributed by atoms with Crippen LogP contribution in [0.15, 0.2) is 60.9 Å². The van der Waals surface area contributed by atoms with Gasteiger partial charge in [-0.3, -0.25) is 9.78 Å². The largest absolute Gasteiger partial charge is 0.381 e. The second-order valence-corrected chi connectivity index (χ2v) is 5.73. The van der Waals surface area contributed by atoms with Crippen molar-refractivity contribution in [2.24, 2.45) is 0 Å². The summed E-state index contributed by atoms with van der Waals surface area (Å²) >= 11 is 0. The van der Waals surface area contributed by atoms with Crippen molar-refractivity contribution in [2.75, 3.05) is 18.4 Å². The molecule has 118 valence electrons. The van der Waals surface area contributed by atoms with E-state index < -0.39 is 0 Å². The molecule has 1 aromatic carbocycles. The summed E-state index contributed by atoms with van der Waals surface area (Å²) in [5.74, 6) is 0.0914. The summed E-state index contributed by atoms with van der Waals surface area (Å²) in [4.78, 5) is 18.3. The van der Waals surface area contributed by atoms with Gasteiger partial charge in [0, 0.05) is 37.6 Å². The Bertz CT molecular complexity index is 647. The van der Waals surface area contributed by atoms with Gasteiger partial charge in [0.05, 0.1) is 5.69 Å². The van der Waals surface area contributed by atoms with E-state index in [4.69, 9.17) is 0 Å². The average molecular weight is 307 g/mol. The molecule has 1 saturated heterocycles. The van der Waals surface area contributed by atoms with Gasteiger partial charge in [0.25, 0.3) is 0 Å². The predicted octanol–water partition coefficient (Wildman–Crippen LogP) is 3.20. The van der Waals surface area contributed by atoms with Gasteiger partial charge in [-0.25, -0.2) is 0 Å². The van der Waals surface area contributed by atoms with E-state index in [0.717, 1.165) is 37.2 Å². The molecule has 0 unspecified atom stereocenters. The summed E-state index contributed by atoms with van der Waals surface area (Å²) in [6, 6.07) is 14.3. The zero-order valence-electron chi connectivity index (χ0n) is 13.1. The van der Waals surface area contributed by atoms with Crippen LogP contribution in [-0.4, -0.2) is 34.9 Å². The van der Waals surface area contributed by atoms with Crippen molar-refractivity contribution in [2.45, 2.75) is 18.9 Å². The zero-order valence-corrected chi connectivity index (χ0v) is 13.1. The molecule has 23 heavy (non-hydrogen) atoms. The second kappa shape index (κ2) is 7.58. The van der Waals surface area contributed by atoms with Gasteiger partial charge < -0.3 is 10.2 Å². The van der Waals surface area contributed by atoms with E-state index in [9.17, 15) is 4.79 Å². The summed E-state index contributed by atoms with van der Waals surface area (Å²) in [6.07, 6.45) is 9.07. The molecule has 1 aliphatic heterocycles. The van der Waals surface area contributed by atoms with Gasteiger partial charge in [-0.15, -0.1) is 0 Å². The van der Waals surface area contributed by atoms with E-state index in [-0.39, 0.29) is 5.91 Å². The van der Waals surface area contributed by atoms with Crippen LogP contribution in [0.5, 0.6) is 0 Å². The number of carbonyl (C=O) groups is 1. The number of amides is 1. The Morgan fingerprint density at radius 2 is 1.91 bits per heavy atom. The fraction of sp³-hybridized carbons (Fsp3) is 0.263. The molecule has 0 radical (unpaired) electrons. The number of hydrogen-bond donors (Lipinski definition) is 1. The van der Waals surface area contributed by atoms with E-state index in [2.05, 4.69) is 10.3 Å². The lowest BCUT2D eigenvalue weighted by atomic mass is 10.0. The fourth-order valence-corrected chi connectivity index (χ4v) is 2.77. The van der Waals surface area contributed by atoms with Gasteiger partial charge in [0.15, 0.2) is 0 Å². The second-order valence-electron chi connectivity index (χ2n) is 5.73. The van der Waals surface area contributed by atoms with Crippen LogP contribution in [0.2, 0.25) is 0 Å². The standard InChI is InChI=1S/C19H21N3O/c23-19(9-8-16-5-2-1-3-6-16)22-13-10-17(11-14-22)21-18-7-4-12-20-15-18/h1-9,12,15,17,21H,10-11,13-14H2. The zero-order chi connectivity index (χ0) is 15.9. The van der Waals surface area contributed by atoms with Crippen LogP contribution >= 0.6 is 0 Å². The Kier molecular flexibility index (Phi) is 5.04. The van der Waals surface area contributed by atoms with Crippen molar-refractivity contribution >= 4 is 17.7 Å². The minimum atomic E-state index is 0.0914. The molecular weight excluding hydrogens is 286 g/mol. The normalized spacial score (nSPS) is 15.7. The highest BCUT2D eigenvalue weighted by atomic mass is 16.2. The molecule has 0 spiro atoms. The molecule has 1 fully saturated rings. The van der Waals surface area contributed by atoms with E-state index in [1.165, 1.54) is 0 Å². The Balaban J connectivity index is 1.48. The molecule has 1 aliphatic rings. The molecule has 3 rings (SSSR count). The lowest BCUT2D eigenvalue weighted by Crippen LogP contribution is -2.41. The van der Waals surface area contributed by atoms with Crippen molar-refractivity contribution < 1.29 is 4.79 Å². The first-order chi connectivity index (χ1) is 11.3. The highest BCUT2D eigenvalue weighted by molar-refractivity contribution is 5.91.